The SMILES string of the molecule is CCCC(=O)N[C@H](C(=O)N(C)[C@@H](CC(C)C)C(=O)N[C@@H](CC(C)C)C(=O)N1CCC[C@H]1C(=O)N(C)[C@@H](C(=O)NCC(=O)N(C)[C@H](Cc1ccccc1)C(=O)N1CCC[C@H]1C(=O)N[C@H](C(=O)OC)[C@@H](C)CC)[C@@H](C)CC)C(C)C. The third kappa shape index (κ3) is 18.0. The molecule has 0 bridgehead atoms. The molecule has 78 heavy (non-hydrogen) atoms. The number of nitrogens with one attached hydrogen (secondary N) is 4. The normalized spacial score (nSPS) is 18.4. The zero-order valence-corrected chi connectivity index (χ0v) is 49.5. The van der Waals surface area contributed by atoms with Crippen LogP contribution in [0, 0.1) is 29.6 Å². The van der Waals surface area contributed by atoms with Gasteiger partial charge in [0.1, 0.15) is 48.3 Å². The molecule has 3 rings (SSSR count). The molecule has 2 aliphatic heterocycles. The quantitative estimate of drug-likeness (QED) is 0.0834. The van der Waals surface area contributed by atoms with Gasteiger partial charge in [0.25, 0.3) is 0 Å². The van der Waals surface area contributed by atoms with Crippen molar-refractivity contribution in [1.82, 2.24) is 45.8 Å². The number of ether oxygens (including phenoxy) is 1. The van der Waals surface area contributed by atoms with Crippen molar-refractivity contribution in [3.63, 3.8) is 0 Å². The van der Waals surface area contributed by atoms with Crippen molar-refractivity contribution in [2.75, 3.05) is 47.9 Å². The Kier molecular flexibility index (Phi) is 26.7. The minimum absolute atomic E-state index is 0.0203. The molecule has 2 fully saturated rings. The van der Waals surface area contributed by atoms with E-state index in [4.69, 9.17) is 4.74 Å². The van der Waals surface area contributed by atoms with Crippen LogP contribution in [-0.2, 0) is 59.1 Å². The van der Waals surface area contributed by atoms with Crippen LogP contribution < -0.4 is 21.3 Å². The molecule has 4 N–H and O–H groups in total. The zero-order chi connectivity index (χ0) is 58.7. The molecule has 20 heteroatoms. The van der Waals surface area contributed by atoms with Gasteiger partial charge in [-0.05, 0) is 80.1 Å². The van der Waals surface area contributed by atoms with Crippen LogP contribution in [0.25, 0.3) is 0 Å². The van der Waals surface area contributed by atoms with Gasteiger partial charge in [-0.3, -0.25) is 43.2 Å². The lowest BCUT2D eigenvalue weighted by Gasteiger charge is -2.37. The minimum Gasteiger partial charge on any atom is -0.467 e. The average molecular weight is 1090 g/mol. The lowest BCUT2D eigenvalue weighted by molar-refractivity contribution is -0.150. The van der Waals surface area contributed by atoms with E-state index in [0.29, 0.717) is 44.9 Å². The minimum atomic E-state index is -1.08. The smallest absolute Gasteiger partial charge is 0.328 e. The predicted molar refractivity (Wildman–Crippen MR) is 298 cm³/mol. The van der Waals surface area contributed by atoms with Crippen molar-refractivity contribution < 1.29 is 52.7 Å². The highest BCUT2D eigenvalue weighted by molar-refractivity contribution is 5.98. The molecule has 10 atom stereocenters. The fourth-order valence-electron chi connectivity index (χ4n) is 10.4. The molecule has 20 nitrogen and oxygen atoms in total. The van der Waals surface area contributed by atoms with Crippen LogP contribution in [0.4, 0.5) is 0 Å². The molecule has 0 spiro atoms. The van der Waals surface area contributed by atoms with Crippen molar-refractivity contribution in [2.45, 2.75) is 195 Å². The van der Waals surface area contributed by atoms with E-state index in [0.717, 1.165) is 5.56 Å². The Morgan fingerprint density at radius 2 is 1.23 bits per heavy atom. The average Bonchev–Trinajstić information content (AvgIpc) is 4.11. The Bertz CT molecular complexity index is 2210. The number of methoxy groups -OCH3 is 1. The number of carbonyl (C=O) groups excluding carboxylic acids is 10. The van der Waals surface area contributed by atoms with Gasteiger partial charge in [0, 0.05) is 47.1 Å². The highest BCUT2D eigenvalue weighted by Crippen LogP contribution is 2.27. The van der Waals surface area contributed by atoms with Crippen molar-refractivity contribution >= 4 is 59.1 Å². The molecule has 0 aliphatic carbocycles. The maximum atomic E-state index is 14.7. The maximum absolute atomic E-state index is 14.7. The number of benzene rings is 1. The summed E-state index contributed by atoms with van der Waals surface area (Å²) < 4.78 is 4.97. The first kappa shape index (κ1) is 66.2. The van der Waals surface area contributed by atoms with Crippen LogP contribution >= 0.6 is 0 Å². The first-order valence-electron chi connectivity index (χ1n) is 28.5. The number of amides is 9. The fraction of sp³-hybridized carbons (Fsp3) is 0.724. The molecule has 0 unspecified atom stereocenters. The number of rotatable bonds is 29. The molecule has 0 saturated carbocycles. The van der Waals surface area contributed by atoms with Crippen LogP contribution in [-0.4, -0.2) is 180 Å². The van der Waals surface area contributed by atoms with Crippen LogP contribution in [0.2, 0.25) is 0 Å². The Morgan fingerprint density at radius 1 is 0.654 bits per heavy atom. The van der Waals surface area contributed by atoms with Gasteiger partial charge in [-0.15, -0.1) is 0 Å². The van der Waals surface area contributed by atoms with Crippen molar-refractivity contribution in [2.24, 2.45) is 29.6 Å². The second-order valence-corrected chi connectivity index (χ2v) is 22.8. The molecule has 2 saturated heterocycles. The Hall–Kier alpha value is -6.08. The number of likely N-dealkylation sites (N-methyl/N-ethyl adjacent to an activating group) is 3. The number of likely N-dealkylation sites (tertiary alicyclic amines) is 2. The molecule has 9 amide bonds. The lowest BCUT2D eigenvalue weighted by atomic mass is 9.95. The summed E-state index contributed by atoms with van der Waals surface area (Å²) in [7, 11) is 5.78. The summed E-state index contributed by atoms with van der Waals surface area (Å²) in [5.41, 5.74) is 0.761. The summed E-state index contributed by atoms with van der Waals surface area (Å²) in [6.07, 6.45) is 4.24. The number of carbonyl (C=O) groups is 10. The van der Waals surface area contributed by atoms with Gasteiger partial charge in [-0.1, -0.05) is 119 Å². The van der Waals surface area contributed by atoms with Crippen LogP contribution in [0.15, 0.2) is 30.3 Å². The Balaban J connectivity index is 1.85. The van der Waals surface area contributed by atoms with Gasteiger partial charge in [-0.2, -0.15) is 0 Å². The van der Waals surface area contributed by atoms with Crippen molar-refractivity contribution in [1.29, 1.82) is 0 Å². The largest absolute Gasteiger partial charge is 0.467 e. The summed E-state index contributed by atoms with van der Waals surface area (Å²) in [6, 6.07) is 1.34. The summed E-state index contributed by atoms with van der Waals surface area (Å²) >= 11 is 0. The second kappa shape index (κ2) is 31.5. The second-order valence-electron chi connectivity index (χ2n) is 22.8. The van der Waals surface area contributed by atoms with Gasteiger partial charge in [-0.25, -0.2) is 4.79 Å². The van der Waals surface area contributed by atoms with Gasteiger partial charge >= 0.3 is 5.97 Å². The molecule has 0 aromatic heterocycles. The fourth-order valence-corrected chi connectivity index (χ4v) is 10.4. The van der Waals surface area contributed by atoms with Crippen molar-refractivity contribution in [3.05, 3.63) is 35.9 Å². The molecule has 2 heterocycles. The van der Waals surface area contributed by atoms with Gasteiger partial charge in [0.05, 0.1) is 13.7 Å². The Morgan fingerprint density at radius 3 is 1.77 bits per heavy atom. The van der Waals surface area contributed by atoms with E-state index in [-0.39, 0.29) is 68.4 Å². The summed E-state index contributed by atoms with van der Waals surface area (Å²) in [5, 5.41) is 11.4. The first-order chi connectivity index (χ1) is 36.8. The molecule has 0 radical (unpaired) electrons. The van der Waals surface area contributed by atoms with E-state index in [1.165, 1.54) is 52.8 Å². The maximum Gasteiger partial charge on any atom is 0.328 e. The lowest BCUT2D eigenvalue weighted by Crippen LogP contribution is -2.60. The van der Waals surface area contributed by atoms with Crippen LogP contribution in [0.1, 0.15) is 146 Å². The van der Waals surface area contributed by atoms with Crippen LogP contribution in [0.5, 0.6) is 0 Å². The molecule has 1 aromatic carbocycles. The highest BCUT2D eigenvalue weighted by atomic mass is 16.5. The van der Waals surface area contributed by atoms with E-state index in [1.54, 1.807) is 0 Å². The molecule has 1 aromatic rings. The third-order valence-electron chi connectivity index (χ3n) is 15.5. The summed E-state index contributed by atoms with van der Waals surface area (Å²) in [5.74, 6) is -5.86. The Labute approximate surface area is 464 Å². The molecular formula is C58H95N9O11. The number of hydrogen-bond donors (Lipinski definition) is 4. The first-order valence-corrected chi connectivity index (χ1v) is 28.5. The van der Waals surface area contributed by atoms with Gasteiger partial charge in [0.2, 0.25) is 53.2 Å². The van der Waals surface area contributed by atoms with Crippen LogP contribution in [0.3, 0.4) is 0 Å². The number of esters is 1. The van der Waals surface area contributed by atoms with E-state index in [1.807, 2.05) is 106 Å². The van der Waals surface area contributed by atoms with E-state index in [9.17, 15) is 47.9 Å². The highest BCUT2D eigenvalue weighted by Gasteiger charge is 2.45. The summed E-state index contributed by atoms with van der Waals surface area (Å²) in [6.45, 7) is 20.6. The zero-order valence-electron chi connectivity index (χ0n) is 49.5. The standard InChI is InChI=1S/C58H95N9O11/c1-16-24-46(68)61-48(37(8)9)57(76)64(13)44(32-36(6)7)52(71)60-41(31-35(4)5)54(73)67-30-23-28-43(67)55(74)65(14)50(39(11)18-3)53(72)59-34-47(69)63(12)45(33-40-25-20-19-21-26-40)56(75)66-29-22-27-42(66)51(70)62-49(38(10)17-2)58(77)78-15/h19-21,25-26,35-39,41-45,48-50H,16-18,22-24,27-34H2,1-15H3,(H,59,72)(H,60,71)(H,61,68)(H,62,70)/t38-,39-,41-,42-,43-,44-,45+,48-,49-,50+/m0/s1. The molecule has 2 aliphatic rings. The summed E-state index contributed by atoms with van der Waals surface area (Å²) in [4.78, 5) is 147. The number of hydrogen-bond acceptors (Lipinski definition) is 11. The van der Waals surface area contributed by atoms with Gasteiger partial charge < -0.3 is 50.5 Å². The number of nitrogens with zero attached hydrogens (tertiary/aromatic N) is 5. The van der Waals surface area contributed by atoms with E-state index >= 15 is 0 Å². The van der Waals surface area contributed by atoms with Crippen molar-refractivity contribution in [3.8, 4) is 0 Å². The van der Waals surface area contributed by atoms with Gasteiger partial charge in [0.15, 0.2) is 0 Å². The monoisotopic (exact) mass is 1090 g/mol. The molecule has 438 valence electrons. The molecular weight excluding hydrogens is 999 g/mol. The predicted octanol–water partition coefficient (Wildman–Crippen LogP) is 4.08. The third-order valence-corrected chi connectivity index (χ3v) is 15.5. The van der Waals surface area contributed by atoms with E-state index < -0.39 is 114 Å². The topological polar surface area (TPSA) is 244 Å². The van der Waals surface area contributed by atoms with E-state index in [2.05, 4.69) is 21.3 Å².